The van der Waals surface area contributed by atoms with Crippen molar-refractivity contribution in [2.75, 3.05) is 12.3 Å². The number of anilines is 1. The van der Waals surface area contributed by atoms with Gasteiger partial charge in [-0.3, -0.25) is 14.9 Å². The number of amides is 1. The van der Waals surface area contributed by atoms with E-state index in [4.69, 9.17) is 5.73 Å². The predicted molar refractivity (Wildman–Crippen MR) is 75.3 cm³/mol. The van der Waals surface area contributed by atoms with Gasteiger partial charge in [0.1, 0.15) is 5.56 Å². The van der Waals surface area contributed by atoms with Gasteiger partial charge in [-0.05, 0) is 18.9 Å². The van der Waals surface area contributed by atoms with Gasteiger partial charge in [0.15, 0.2) is 0 Å². The van der Waals surface area contributed by atoms with Gasteiger partial charge in [0.05, 0.1) is 16.2 Å². The van der Waals surface area contributed by atoms with E-state index >= 15 is 0 Å². The zero-order chi connectivity index (χ0) is 15.5. The highest BCUT2D eigenvalue weighted by atomic mass is 16.6. The molecule has 0 saturated heterocycles. The molecule has 20 heavy (non-hydrogen) atoms. The quantitative estimate of drug-likeness (QED) is 0.427. The van der Waals surface area contributed by atoms with Crippen LogP contribution >= 0.6 is 0 Å². The third-order valence-electron chi connectivity index (χ3n) is 3.35. The lowest BCUT2D eigenvalue weighted by atomic mass is 9.92. The third-order valence-corrected chi connectivity index (χ3v) is 3.35. The molecule has 7 nitrogen and oxygen atoms in total. The lowest BCUT2D eigenvalue weighted by Crippen LogP contribution is -2.44. The van der Waals surface area contributed by atoms with Crippen LogP contribution in [-0.2, 0) is 0 Å². The van der Waals surface area contributed by atoms with Crippen LogP contribution in [0.1, 0.15) is 31.1 Å². The fourth-order valence-corrected chi connectivity index (χ4v) is 1.51. The Morgan fingerprint density at radius 1 is 1.55 bits per heavy atom. The first kappa shape index (κ1) is 15.9. The summed E-state index contributed by atoms with van der Waals surface area (Å²) in [6.45, 7) is 5.19. The summed E-state index contributed by atoms with van der Waals surface area (Å²) < 4.78 is 0. The van der Waals surface area contributed by atoms with Crippen molar-refractivity contribution in [3.8, 4) is 0 Å². The Bertz CT molecular complexity index is 526. The van der Waals surface area contributed by atoms with Crippen LogP contribution in [-0.4, -0.2) is 28.1 Å². The van der Waals surface area contributed by atoms with Gasteiger partial charge < -0.3 is 16.2 Å². The molecule has 1 amide bonds. The molecule has 0 spiro atoms. The van der Waals surface area contributed by atoms with Gasteiger partial charge in [-0.15, -0.1) is 0 Å². The van der Waals surface area contributed by atoms with Crippen LogP contribution in [0.25, 0.3) is 0 Å². The maximum absolute atomic E-state index is 12.1. The second-order valence-electron chi connectivity index (χ2n) is 5.19. The van der Waals surface area contributed by atoms with Gasteiger partial charge in [-0.2, -0.15) is 0 Å². The number of carbonyl (C=O) groups is 1. The highest BCUT2D eigenvalue weighted by molar-refractivity contribution is 6.03. The molecular weight excluding hydrogens is 262 g/mol. The van der Waals surface area contributed by atoms with Crippen LogP contribution in [0.4, 0.5) is 11.4 Å². The number of nitro benzene ring substituents is 1. The standard InChI is InChI=1S/C13H19N3O4/c1-8(2)13(3,18)7-15-12(17)11-9(14)5-4-6-10(11)16(19)20/h4-6,8,18H,7,14H2,1-3H3,(H,15,17). The monoisotopic (exact) mass is 281 g/mol. The maximum atomic E-state index is 12.1. The topological polar surface area (TPSA) is 118 Å². The average molecular weight is 281 g/mol. The van der Waals surface area contributed by atoms with Crippen molar-refractivity contribution < 1.29 is 14.8 Å². The molecular formula is C13H19N3O4. The second kappa shape index (κ2) is 5.87. The Labute approximate surface area is 116 Å². The molecule has 0 aliphatic rings. The highest BCUT2D eigenvalue weighted by Crippen LogP contribution is 2.24. The number of hydrogen-bond acceptors (Lipinski definition) is 5. The van der Waals surface area contributed by atoms with E-state index in [1.807, 2.05) is 13.8 Å². The lowest BCUT2D eigenvalue weighted by Gasteiger charge is -2.27. The molecule has 0 aromatic heterocycles. The number of nitro groups is 1. The molecule has 0 bridgehead atoms. The first-order chi connectivity index (χ1) is 9.16. The van der Waals surface area contributed by atoms with Crippen molar-refractivity contribution in [2.24, 2.45) is 5.92 Å². The van der Waals surface area contributed by atoms with Gasteiger partial charge in [-0.1, -0.05) is 19.9 Å². The molecule has 1 unspecified atom stereocenters. The number of nitrogens with two attached hydrogens (primary N) is 1. The molecule has 0 radical (unpaired) electrons. The Kier molecular flexibility index (Phi) is 4.67. The number of benzene rings is 1. The molecule has 0 aliphatic carbocycles. The van der Waals surface area contributed by atoms with E-state index in [1.165, 1.54) is 18.2 Å². The molecule has 1 aromatic carbocycles. The van der Waals surface area contributed by atoms with E-state index in [2.05, 4.69) is 5.32 Å². The van der Waals surface area contributed by atoms with E-state index < -0.39 is 16.4 Å². The highest BCUT2D eigenvalue weighted by Gasteiger charge is 2.28. The maximum Gasteiger partial charge on any atom is 0.284 e. The number of hydrogen-bond donors (Lipinski definition) is 3. The van der Waals surface area contributed by atoms with Crippen LogP contribution in [0.15, 0.2) is 18.2 Å². The Morgan fingerprint density at radius 3 is 2.65 bits per heavy atom. The van der Waals surface area contributed by atoms with Crippen molar-refractivity contribution in [3.05, 3.63) is 33.9 Å². The minimum Gasteiger partial charge on any atom is -0.398 e. The largest absolute Gasteiger partial charge is 0.398 e. The Hall–Kier alpha value is -2.15. The zero-order valence-corrected chi connectivity index (χ0v) is 11.7. The summed E-state index contributed by atoms with van der Waals surface area (Å²) in [5, 5.41) is 23.4. The number of carbonyl (C=O) groups excluding carboxylic acids is 1. The molecule has 0 heterocycles. The molecule has 4 N–H and O–H groups in total. The molecule has 1 atom stereocenters. The van der Waals surface area contributed by atoms with E-state index in [1.54, 1.807) is 6.92 Å². The molecule has 7 heteroatoms. The number of rotatable bonds is 5. The van der Waals surface area contributed by atoms with E-state index in [-0.39, 0.29) is 29.4 Å². The van der Waals surface area contributed by atoms with E-state index in [0.717, 1.165) is 0 Å². The Balaban J connectivity index is 2.97. The first-order valence-electron chi connectivity index (χ1n) is 6.20. The van der Waals surface area contributed by atoms with Crippen molar-refractivity contribution >= 4 is 17.3 Å². The minimum atomic E-state index is -1.10. The summed E-state index contributed by atoms with van der Waals surface area (Å²) in [5.41, 5.74) is 4.02. The van der Waals surface area contributed by atoms with Crippen molar-refractivity contribution in [1.29, 1.82) is 0 Å². The molecule has 0 aliphatic heterocycles. The van der Waals surface area contributed by atoms with E-state index in [9.17, 15) is 20.0 Å². The SMILES string of the molecule is CC(C)C(C)(O)CNC(=O)c1c(N)cccc1[N+](=O)[O-]. The molecule has 0 saturated carbocycles. The van der Waals surface area contributed by atoms with Crippen LogP contribution in [0, 0.1) is 16.0 Å². The number of nitrogens with zero attached hydrogens (tertiary/aromatic N) is 1. The predicted octanol–water partition coefficient (Wildman–Crippen LogP) is 1.31. The third kappa shape index (κ3) is 3.45. The van der Waals surface area contributed by atoms with Crippen molar-refractivity contribution in [2.45, 2.75) is 26.4 Å². The zero-order valence-electron chi connectivity index (χ0n) is 11.7. The Morgan fingerprint density at radius 2 is 2.15 bits per heavy atom. The molecule has 110 valence electrons. The molecule has 0 fully saturated rings. The van der Waals surface area contributed by atoms with Gasteiger partial charge in [0.25, 0.3) is 11.6 Å². The average Bonchev–Trinajstić information content (AvgIpc) is 2.35. The van der Waals surface area contributed by atoms with Crippen LogP contribution < -0.4 is 11.1 Å². The normalized spacial score (nSPS) is 13.8. The van der Waals surface area contributed by atoms with Gasteiger partial charge >= 0.3 is 0 Å². The van der Waals surface area contributed by atoms with Crippen LogP contribution in [0.2, 0.25) is 0 Å². The van der Waals surface area contributed by atoms with Gasteiger partial charge in [0.2, 0.25) is 0 Å². The summed E-state index contributed by atoms with van der Waals surface area (Å²) in [4.78, 5) is 22.3. The molecule has 1 aromatic rings. The van der Waals surface area contributed by atoms with E-state index in [0.29, 0.717) is 0 Å². The minimum absolute atomic E-state index is 0.0189. The van der Waals surface area contributed by atoms with Crippen LogP contribution in [0.5, 0.6) is 0 Å². The van der Waals surface area contributed by atoms with Gasteiger partial charge in [0, 0.05) is 12.6 Å². The second-order valence-corrected chi connectivity index (χ2v) is 5.19. The summed E-state index contributed by atoms with van der Waals surface area (Å²) in [6, 6.07) is 4.04. The number of aliphatic hydroxyl groups is 1. The van der Waals surface area contributed by atoms with Gasteiger partial charge in [-0.25, -0.2) is 0 Å². The number of nitrogens with one attached hydrogen (secondary N) is 1. The molecule has 1 rings (SSSR count). The van der Waals surface area contributed by atoms with Crippen molar-refractivity contribution in [1.82, 2.24) is 5.32 Å². The van der Waals surface area contributed by atoms with Crippen LogP contribution in [0.3, 0.4) is 0 Å². The lowest BCUT2D eigenvalue weighted by molar-refractivity contribution is -0.385. The fraction of sp³-hybridized carbons (Fsp3) is 0.462. The summed E-state index contributed by atoms with van der Waals surface area (Å²) in [7, 11) is 0. The first-order valence-corrected chi connectivity index (χ1v) is 6.20. The summed E-state index contributed by atoms with van der Waals surface area (Å²) in [6.07, 6.45) is 0. The fourth-order valence-electron chi connectivity index (χ4n) is 1.51. The van der Waals surface area contributed by atoms with Crippen molar-refractivity contribution in [3.63, 3.8) is 0 Å². The number of nitrogen functional groups attached to an aromatic ring is 1. The smallest absolute Gasteiger partial charge is 0.284 e. The summed E-state index contributed by atoms with van der Waals surface area (Å²) >= 11 is 0. The summed E-state index contributed by atoms with van der Waals surface area (Å²) in [5.74, 6) is -0.748.